The van der Waals surface area contributed by atoms with E-state index in [0.717, 1.165) is 16.9 Å². The summed E-state index contributed by atoms with van der Waals surface area (Å²) in [5.41, 5.74) is 2.69. The van der Waals surface area contributed by atoms with Crippen molar-refractivity contribution in [1.29, 1.82) is 0 Å². The normalized spacial score (nSPS) is 10.9. The van der Waals surface area contributed by atoms with E-state index < -0.39 is 0 Å². The monoisotopic (exact) mass is 438 g/mol. The number of nitrogens with one attached hydrogen (secondary N) is 2. The summed E-state index contributed by atoms with van der Waals surface area (Å²) >= 11 is 7.41. The van der Waals surface area contributed by atoms with Crippen LogP contribution in [0, 0.1) is 6.92 Å². The molecule has 0 unspecified atom stereocenters. The third-order valence-electron chi connectivity index (χ3n) is 4.69. The minimum atomic E-state index is -0.282. The van der Waals surface area contributed by atoms with E-state index >= 15 is 0 Å². The van der Waals surface area contributed by atoms with Crippen LogP contribution < -0.4 is 10.6 Å². The maximum Gasteiger partial charge on any atom is 0.265 e. The van der Waals surface area contributed by atoms with Crippen LogP contribution in [0.15, 0.2) is 60.0 Å². The highest BCUT2D eigenvalue weighted by molar-refractivity contribution is 7.12. The molecular formula is C22H19ClN4O2S. The van der Waals surface area contributed by atoms with Crippen molar-refractivity contribution in [3.05, 3.63) is 81.3 Å². The number of aryl methyl sites for hydroxylation is 1. The van der Waals surface area contributed by atoms with Gasteiger partial charge in [-0.1, -0.05) is 29.8 Å². The molecule has 6 nitrogen and oxygen atoms in total. The van der Waals surface area contributed by atoms with E-state index in [1.165, 1.54) is 11.3 Å². The number of nitrogens with zero attached hydrogens (tertiary/aromatic N) is 2. The number of amides is 2. The summed E-state index contributed by atoms with van der Waals surface area (Å²) in [7, 11) is 0. The molecule has 4 rings (SSSR count). The van der Waals surface area contributed by atoms with Crippen LogP contribution in [-0.4, -0.2) is 27.9 Å². The molecule has 2 heterocycles. The smallest absolute Gasteiger partial charge is 0.265 e. The molecule has 0 spiro atoms. The van der Waals surface area contributed by atoms with Crippen LogP contribution in [0.25, 0.3) is 11.0 Å². The van der Waals surface area contributed by atoms with Crippen molar-refractivity contribution >= 4 is 51.5 Å². The molecule has 4 aromatic rings. The Morgan fingerprint density at radius 2 is 1.93 bits per heavy atom. The second-order valence-corrected chi connectivity index (χ2v) is 8.06. The van der Waals surface area contributed by atoms with Crippen molar-refractivity contribution in [3.8, 4) is 0 Å². The van der Waals surface area contributed by atoms with Crippen molar-refractivity contribution in [3.63, 3.8) is 0 Å². The summed E-state index contributed by atoms with van der Waals surface area (Å²) in [5.74, 6) is 0.331. The fourth-order valence-corrected chi connectivity index (χ4v) is 4.06. The molecule has 0 saturated carbocycles. The minimum absolute atomic E-state index is 0.276. The van der Waals surface area contributed by atoms with Crippen molar-refractivity contribution < 1.29 is 9.59 Å². The van der Waals surface area contributed by atoms with E-state index in [1.54, 1.807) is 30.3 Å². The lowest BCUT2D eigenvalue weighted by Gasteiger charge is -2.13. The van der Waals surface area contributed by atoms with Gasteiger partial charge in [-0.05, 0) is 48.7 Å². The Morgan fingerprint density at radius 1 is 1.10 bits per heavy atom. The van der Waals surface area contributed by atoms with Gasteiger partial charge in [0.15, 0.2) is 0 Å². The predicted octanol–water partition coefficient (Wildman–Crippen LogP) is 4.74. The van der Waals surface area contributed by atoms with Gasteiger partial charge in [-0.15, -0.1) is 11.3 Å². The number of anilines is 1. The number of halogens is 1. The van der Waals surface area contributed by atoms with E-state index in [9.17, 15) is 9.59 Å². The Hall–Kier alpha value is -3.16. The van der Waals surface area contributed by atoms with Crippen LogP contribution in [0.2, 0.25) is 5.02 Å². The first kappa shape index (κ1) is 20.1. The molecular weight excluding hydrogens is 420 g/mol. The van der Waals surface area contributed by atoms with Crippen LogP contribution in [0.5, 0.6) is 0 Å². The topological polar surface area (TPSA) is 76.0 Å². The number of para-hydroxylation sites is 2. The van der Waals surface area contributed by atoms with Gasteiger partial charge in [0.2, 0.25) is 0 Å². The molecule has 0 aliphatic rings. The van der Waals surface area contributed by atoms with Crippen molar-refractivity contribution in [2.45, 2.75) is 13.5 Å². The van der Waals surface area contributed by atoms with Crippen molar-refractivity contribution in [1.82, 2.24) is 14.9 Å². The van der Waals surface area contributed by atoms with Gasteiger partial charge >= 0.3 is 0 Å². The lowest BCUT2D eigenvalue weighted by atomic mass is 10.1. The van der Waals surface area contributed by atoms with Crippen LogP contribution in [0.3, 0.4) is 0 Å². The zero-order valence-electron chi connectivity index (χ0n) is 16.2. The van der Waals surface area contributed by atoms with Gasteiger partial charge < -0.3 is 15.2 Å². The third kappa shape index (κ3) is 4.22. The third-order valence-corrected chi connectivity index (χ3v) is 5.79. The minimum Gasteiger partial charge on any atom is -0.350 e. The van der Waals surface area contributed by atoms with Gasteiger partial charge in [-0.3, -0.25) is 9.59 Å². The molecule has 0 saturated heterocycles. The fourth-order valence-electron chi connectivity index (χ4n) is 3.26. The molecule has 0 radical (unpaired) electrons. The zero-order chi connectivity index (χ0) is 21.1. The Labute approximate surface area is 182 Å². The van der Waals surface area contributed by atoms with Crippen LogP contribution >= 0.6 is 22.9 Å². The summed E-state index contributed by atoms with van der Waals surface area (Å²) in [6, 6.07) is 16.2. The fraction of sp³-hybridized carbons (Fsp3) is 0.136. The van der Waals surface area contributed by atoms with Crippen LogP contribution in [0.1, 0.15) is 25.9 Å². The Morgan fingerprint density at radius 3 is 2.73 bits per heavy atom. The van der Waals surface area contributed by atoms with Gasteiger partial charge in [0.25, 0.3) is 11.8 Å². The van der Waals surface area contributed by atoms with E-state index in [4.69, 9.17) is 11.6 Å². The summed E-state index contributed by atoms with van der Waals surface area (Å²) in [6.45, 7) is 2.95. The number of benzene rings is 2. The maximum atomic E-state index is 12.8. The Balaban J connectivity index is 1.47. The first-order chi connectivity index (χ1) is 14.5. The van der Waals surface area contributed by atoms with E-state index in [-0.39, 0.29) is 11.8 Å². The van der Waals surface area contributed by atoms with E-state index in [2.05, 4.69) is 20.2 Å². The summed E-state index contributed by atoms with van der Waals surface area (Å²) in [4.78, 5) is 30.3. The molecule has 30 heavy (non-hydrogen) atoms. The lowest BCUT2D eigenvalue weighted by Crippen LogP contribution is -2.28. The molecule has 0 aliphatic heterocycles. The molecule has 152 valence electrons. The number of fused-ring (bicyclic) bond motifs is 1. The number of imidazole rings is 1. The summed E-state index contributed by atoms with van der Waals surface area (Å²) < 4.78 is 2.07. The summed E-state index contributed by atoms with van der Waals surface area (Å²) in [5, 5.41) is 7.96. The predicted molar refractivity (Wildman–Crippen MR) is 121 cm³/mol. The molecule has 0 bridgehead atoms. The average molecular weight is 439 g/mol. The SMILES string of the molecule is Cc1nc2ccccc2n1CCNC(=O)c1ccc(Cl)cc1NC(=O)c1cccs1. The van der Waals surface area contributed by atoms with E-state index in [1.807, 2.05) is 36.6 Å². The number of carbonyl (C=O) groups is 2. The first-order valence-corrected chi connectivity index (χ1v) is 10.6. The van der Waals surface area contributed by atoms with Crippen LogP contribution in [-0.2, 0) is 6.54 Å². The van der Waals surface area contributed by atoms with Gasteiger partial charge in [-0.25, -0.2) is 4.98 Å². The lowest BCUT2D eigenvalue weighted by molar-refractivity contribution is 0.0953. The molecule has 0 aliphatic carbocycles. The van der Waals surface area contributed by atoms with Crippen molar-refractivity contribution in [2.24, 2.45) is 0 Å². The number of carbonyl (C=O) groups excluding carboxylic acids is 2. The number of hydrogen-bond acceptors (Lipinski definition) is 4. The highest BCUT2D eigenvalue weighted by atomic mass is 35.5. The number of rotatable bonds is 6. The second kappa shape index (κ2) is 8.69. The zero-order valence-corrected chi connectivity index (χ0v) is 17.8. The second-order valence-electron chi connectivity index (χ2n) is 6.68. The molecule has 2 aromatic heterocycles. The van der Waals surface area contributed by atoms with Crippen molar-refractivity contribution in [2.75, 3.05) is 11.9 Å². The van der Waals surface area contributed by atoms with Gasteiger partial charge in [0.1, 0.15) is 5.82 Å². The maximum absolute atomic E-state index is 12.8. The largest absolute Gasteiger partial charge is 0.350 e. The molecule has 2 N–H and O–H groups in total. The van der Waals surface area contributed by atoms with Gasteiger partial charge in [0, 0.05) is 18.1 Å². The quantitative estimate of drug-likeness (QED) is 0.456. The standard InChI is InChI=1S/C22H19ClN4O2S/c1-14-25-17-5-2-3-6-19(17)27(14)11-10-24-21(28)16-9-8-15(23)13-18(16)26-22(29)20-7-4-12-30-20/h2-9,12-13H,10-11H2,1H3,(H,24,28)(H,26,29). The molecule has 2 amide bonds. The molecule has 0 fully saturated rings. The molecule has 0 atom stereocenters. The highest BCUT2D eigenvalue weighted by Gasteiger charge is 2.16. The number of aromatic nitrogens is 2. The average Bonchev–Trinajstić information content (AvgIpc) is 3.36. The first-order valence-electron chi connectivity index (χ1n) is 9.37. The number of thiophene rings is 1. The number of hydrogen-bond donors (Lipinski definition) is 2. The van der Waals surface area contributed by atoms with E-state index in [0.29, 0.717) is 34.2 Å². The summed E-state index contributed by atoms with van der Waals surface area (Å²) in [6.07, 6.45) is 0. The van der Waals surface area contributed by atoms with Crippen LogP contribution in [0.4, 0.5) is 5.69 Å². The van der Waals surface area contributed by atoms with Gasteiger partial charge in [0.05, 0.1) is 27.2 Å². The Kier molecular flexibility index (Phi) is 5.83. The van der Waals surface area contributed by atoms with Gasteiger partial charge in [-0.2, -0.15) is 0 Å². The molecule has 8 heteroatoms. The highest BCUT2D eigenvalue weighted by Crippen LogP contribution is 2.23. The Bertz CT molecular complexity index is 1220. The molecule has 2 aromatic carbocycles.